The number of rotatable bonds is 2. The lowest BCUT2D eigenvalue weighted by molar-refractivity contribution is 0.781. The third-order valence-corrected chi connectivity index (χ3v) is 2.63. The Morgan fingerprint density at radius 3 is 2.78 bits per heavy atom. The Balaban J connectivity index is 2.00. The SMILES string of the molecule is Nc1ncnc2c1ncn2Cc1cnc(Cl)cn1. The van der Waals surface area contributed by atoms with E-state index in [1.807, 2.05) is 4.57 Å². The molecule has 2 N–H and O–H groups in total. The minimum atomic E-state index is 0.362. The minimum Gasteiger partial charge on any atom is -0.382 e. The van der Waals surface area contributed by atoms with Crippen LogP contribution in [0.25, 0.3) is 11.2 Å². The standard InChI is InChI=1S/C10H8ClN7/c11-7-2-13-6(1-14-7)3-18-5-17-8-9(12)15-4-16-10(8)18/h1-2,4-5H,3H2,(H2,12,15,16). The maximum atomic E-state index is 5.71. The van der Waals surface area contributed by atoms with Crippen molar-refractivity contribution in [3.63, 3.8) is 0 Å². The number of imidazole rings is 1. The molecule has 3 aromatic heterocycles. The first kappa shape index (κ1) is 10.8. The van der Waals surface area contributed by atoms with Crippen LogP contribution >= 0.6 is 11.6 Å². The summed E-state index contributed by atoms with van der Waals surface area (Å²) < 4.78 is 1.82. The zero-order chi connectivity index (χ0) is 12.5. The summed E-state index contributed by atoms with van der Waals surface area (Å²) in [5.74, 6) is 0.362. The molecule has 0 radical (unpaired) electrons. The van der Waals surface area contributed by atoms with Gasteiger partial charge in [-0.05, 0) is 0 Å². The molecule has 8 heteroatoms. The van der Waals surface area contributed by atoms with E-state index in [2.05, 4.69) is 24.9 Å². The van der Waals surface area contributed by atoms with Crippen molar-refractivity contribution in [1.29, 1.82) is 0 Å². The Morgan fingerprint density at radius 2 is 2.00 bits per heavy atom. The topological polar surface area (TPSA) is 95.4 Å². The summed E-state index contributed by atoms with van der Waals surface area (Å²) in [6, 6.07) is 0. The summed E-state index contributed by atoms with van der Waals surface area (Å²) >= 11 is 5.68. The van der Waals surface area contributed by atoms with Crippen LogP contribution in [0.15, 0.2) is 25.0 Å². The van der Waals surface area contributed by atoms with Gasteiger partial charge in [-0.25, -0.2) is 19.9 Å². The molecule has 0 amide bonds. The summed E-state index contributed by atoms with van der Waals surface area (Å²) in [4.78, 5) is 20.3. The Hall–Kier alpha value is -2.28. The third-order valence-electron chi connectivity index (χ3n) is 2.44. The van der Waals surface area contributed by atoms with E-state index >= 15 is 0 Å². The van der Waals surface area contributed by atoms with Crippen molar-refractivity contribution >= 4 is 28.6 Å². The molecule has 90 valence electrons. The highest BCUT2D eigenvalue weighted by molar-refractivity contribution is 6.29. The van der Waals surface area contributed by atoms with Crippen molar-refractivity contribution in [2.45, 2.75) is 6.54 Å². The number of hydrogen-bond donors (Lipinski definition) is 1. The number of nitrogens with zero attached hydrogens (tertiary/aromatic N) is 6. The van der Waals surface area contributed by atoms with Crippen LogP contribution < -0.4 is 5.73 Å². The number of halogens is 1. The van der Waals surface area contributed by atoms with Crippen LogP contribution in [0.2, 0.25) is 5.15 Å². The van der Waals surface area contributed by atoms with Crippen LogP contribution in [0.3, 0.4) is 0 Å². The van der Waals surface area contributed by atoms with Gasteiger partial charge in [-0.15, -0.1) is 0 Å². The number of hydrogen-bond acceptors (Lipinski definition) is 6. The molecule has 3 rings (SSSR count). The zero-order valence-electron chi connectivity index (χ0n) is 9.16. The van der Waals surface area contributed by atoms with Crippen molar-refractivity contribution in [3.8, 4) is 0 Å². The van der Waals surface area contributed by atoms with Gasteiger partial charge in [0.25, 0.3) is 0 Å². The second-order valence-corrected chi connectivity index (χ2v) is 4.02. The number of anilines is 1. The van der Waals surface area contributed by atoms with Crippen molar-refractivity contribution in [2.24, 2.45) is 0 Å². The highest BCUT2D eigenvalue weighted by Gasteiger charge is 2.08. The van der Waals surface area contributed by atoms with E-state index in [0.29, 0.717) is 28.7 Å². The fourth-order valence-electron chi connectivity index (χ4n) is 1.61. The van der Waals surface area contributed by atoms with Crippen LogP contribution in [0.5, 0.6) is 0 Å². The Morgan fingerprint density at radius 1 is 1.11 bits per heavy atom. The largest absolute Gasteiger partial charge is 0.382 e. The maximum absolute atomic E-state index is 5.71. The van der Waals surface area contributed by atoms with E-state index in [9.17, 15) is 0 Å². The molecule has 0 bridgehead atoms. The number of nitrogens with two attached hydrogens (primary N) is 1. The molecular formula is C10H8ClN7. The van der Waals surface area contributed by atoms with Gasteiger partial charge >= 0.3 is 0 Å². The van der Waals surface area contributed by atoms with Crippen molar-refractivity contribution in [3.05, 3.63) is 35.9 Å². The van der Waals surface area contributed by atoms with Crippen molar-refractivity contribution < 1.29 is 0 Å². The lowest BCUT2D eigenvalue weighted by atomic mass is 10.4. The predicted molar refractivity (Wildman–Crippen MR) is 65.9 cm³/mol. The fourth-order valence-corrected chi connectivity index (χ4v) is 1.71. The second kappa shape index (κ2) is 4.19. The first-order valence-electron chi connectivity index (χ1n) is 5.12. The molecule has 7 nitrogen and oxygen atoms in total. The van der Waals surface area contributed by atoms with Crippen LogP contribution in [0, 0.1) is 0 Å². The molecule has 18 heavy (non-hydrogen) atoms. The van der Waals surface area contributed by atoms with Gasteiger partial charge in [-0.1, -0.05) is 11.6 Å². The van der Waals surface area contributed by atoms with E-state index in [0.717, 1.165) is 5.69 Å². The summed E-state index contributed by atoms with van der Waals surface area (Å²) in [6.45, 7) is 0.497. The summed E-state index contributed by atoms with van der Waals surface area (Å²) in [5.41, 5.74) is 7.72. The highest BCUT2D eigenvalue weighted by Crippen LogP contribution is 2.15. The summed E-state index contributed by atoms with van der Waals surface area (Å²) in [5, 5.41) is 0.362. The number of fused-ring (bicyclic) bond motifs is 1. The maximum Gasteiger partial charge on any atom is 0.165 e. The summed E-state index contributed by atoms with van der Waals surface area (Å²) in [6.07, 6.45) is 6.16. The summed E-state index contributed by atoms with van der Waals surface area (Å²) in [7, 11) is 0. The average Bonchev–Trinajstić information content (AvgIpc) is 2.77. The molecule has 3 heterocycles. The first-order valence-corrected chi connectivity index (χ1v) is 5.49. The van der Waals surface area contributed by atoms with Crippen LogP contribution in [-0.4, -0.2) is 29.5 Å². The van der Waals surface area contributed by atoms with Crippen LogP contribution in [0.4, 0.5) is 5.82 Å². The lowest BCUT2D eigenvalue weighted by Gasteiger charge is -2.02. The molecule has 0 aromatic carbocycles. The van der Waals surface area contributed by atoms with E-state index < -0.39 is 0 Å². The molecule has 0 fully saturated rings. The smallest absolute Gasteiger partial charge is 0.165 e. The Bertz CT molecular complexity index is 691. The predicted octanol–water partition coefficient (Wildman–Crippen LogP) is 0.900. The zero-order valence-corrected chi connectivity index (χ0v) is 9.91. The van der Waals surface area contributed by atoms with Gasteiger partial charge in [0.1, 0.15) is 17.0 Å². The van der Waals surface area contributed by atoms with Crippen LogP contribution in [-0.2, 0) is 6.54 Å². The fraction of sp³-hybridized carbons (Fsp3) is 0.100. The van der Waals surface area contributed by atoms with E-state index in [-0.39, 0.29) is 0 Å². The van der Waals surface area contributed by atoms with Gasteiger partial charge in [-0.2, -0.15) is 0 Å². The quantitative estimate of drug-likeness (QED) is 0.736. The minimum absolute atomic E-state index is 0.362. The van der Waals surface area contributed by atoms with Gasteiger partial charge < -0.3 is 10.3 Å². The molecule has 0 unspecified atom stereocenters. The van der Waals surface area contributed by atoms with Gasteiger partial charge in [0, 0.05) is 0 Å². The second-order valence-electron chi connectivity index (χ2n) is 3.63. The average molecular weight is 262 g/mol. The molecule has 0 aliphatic heterocycles. The highest BCUT2D eigenvalue weighted by atomic mass is 35.5. The third kappa shape index (κ3) is 1.84. The first-order chi connectivity index (χ1) is 8.74. The normalized spacial score (nSPS) is 10.9. The van der Waals surface area contributed by atoms with E-state index in [4.69, 9.17) is 17.3 Å². The van der Waals surface area contributed by atoms with Crippen molar-refractivity contribution in [2.75, 3.05) is 5.73 Å². The van der Waals surface area contributed by atoms with E-state index in [1.165, 1.54) is 12.5 Å². The Labute approximate surface area is 107 Å². The lowest BCUT2D eigenvalue weighted by Crippen LogP contribution is -2.02. The van der Waals surface area contributed by atoms with Crippen LogP contribution in [0.1, 0.15) is 5.69 Å². The van der Waals surface area contributed by atoms with Crippen molar-refractivity contribution in [1.82, 2.24) is 29.5 Å². The molecule has 3 aromatic rings. The van der Waals surface area contributed by atoms with Gasteiger partial charge in [0.15, 0.2) is 11.5 Å². The molecule has 0 spiro atoms. The molecule has 0 saturated heterocycles. The molecular weight excluding hydrogens is 254 g/mol. The van der Waals surface area contributed by atoms with Gasteiger partial charge in [0.2, 0.25) is 0 Å². The molecule has 0 aliphatic carbocycles. The number of nitrogen functional groups attached to an aromatic ring is 1. The van der Waals surface area contributed by atoms with Gasteiger partial charge in [-0.3, -0.25) is 4.98 Å². The Kier molecular flexibility index (Phi) is 2.52. The monoisotopic (exact) mass is 261 g/mol. The van der Waals surface area contributed by atoms with E-state index in [1.54, 1.807) is 12.5 Å². The molecule has 0 atom stereocenters. The number of aromatic nitrogens is 6. The molecule has 0 aliphatic rings. The van der Waals surface area contributed by atoms with Gasteiger partial charge in [0.05, 0.1) is 31.0 Å². The molecule has 0 saturated carbocycles.